The number of hydrogen-bond acceptors (Lipinski definition) is 5. The standard InChI is InChI=1S/C23H26N4O5/c28-20(24-14-17-8-5-13-32-17)11-12-26-22(30)18-9-3-4-10-19(18)27(23(26)31)15-21(29)25-16-6-1-2-7-16/h3-5,8-10,13,16,18H,1-2,6-7,11-12,14-15H2,(H-,24,25,28,29)/p+1. The molecule has 0 spiro atoms. The van der Waals surface area contributed by atoms with E-state index < -0.39 is 17.9 Å². The minimum atomic E-state index is -0.650. The van der Waals surface area contributed by atoms with E-state index in [0.717, 1.165) is 30.6 Å². The van der Waals surface area contributed by atoms with Gasteiger partial charge in [0.15, 0.2) is 6.54 Å². The van der Waals surface area contributed by atoms with Gasteiger partial charge in [0.25, 0.3) is 5.91 Å². The van der Waals surface area contributed by atoms with E-state index in [2.05, 4.69) is 10.6 Å². The van der Waals surface area contributed by atoms with Crippen LogP contribution in [0.3, 0.4) is 0 Å². The Morgan fingerprint density at radius 3 is 2.72 bits per heavy atom. The van der Waals surface area contributed by atoms with Crippen molar-refractivity contribution < 1.29 is 28.2 Å². The van der Waals surface area contributed by atoms with Gasteiger partial charge in [-0.3, -0.25) is 9.59 Å². The Balaban J connectivity index is 1.42. The molecule has 2 N–H and O–H groups in total. The number of urea groups is 1. The molecule has 9 heteroatoms. The van der Waals surface area contributed by atoms with E-state index in [0.29, 0.717) is 11.5 Å². The predicted molar refractivity (Wildman–Crippen MR) is 115 cm³/mol. The number of hydrogen-bond donors (Lipinski definition) is 2. The Bertz CT molecular complexity index is 986. The molecule has 9 nitrogen and oxygen atoms in total. The van der Waals surface area contributed by atoms with Crippen LogP contribution in [0.15, 0.2) is 47.1 Å². The summed E-state index contributed by atoms with van der Waals surface area (Å²) in [7, 11) is 0. The highest BCUT2D eigenvalue weighted by Crippen LogP contribution is 2.21. The quantitative estimate of drug-likeness (QED) is 0.597. The Morgan fingerprint density at radius 1 is 1.16 bits per heavy atom. The molecule has 0 bridgehead atoms. The number of allylic oxidation sites excluding steroid dienone is 3. The van der Waals surface area contributed by atoms with Gasteiger partial charge in [0.2, 0.25) is 5.91 Å². The van der Waals surface area contributed by atoms with Crippen LogP contribution in [0.4, 0.5) is 4.79 Å². The molecule has 1 saturated carbocycles. The summed E-state index contributed by atoms with van der Waals surface area (Å²) in [5.41, 5.74) is 0.489. The summed E-state index contributed by atoms with van der Waals surface area (Å²) in [5, 5.41) is 5.69. The van der Waals surface area contributed by atoms with E-state index in [1.54, 1.807) is 36.4 Å². The van der Waals surface area contributed by atoms with Crippen molar-refractivity contribution in [3.63, 3.8) is 0 Å². The number of nitrogens with one attached hydrogen (secondary N) is 2. The Hall–Kier alpha value is -3.49. The van der Waals surface area contributed by atoms with Crippen LogP contribution >= 0.6 is 0 Å². The van der Waals surface area contributed by atoms with E-state index in [4.69, 9.17) is 4.42 Å². The maximum Gasteiger partial charge on any atom is 0.501 e. The van der Waals surface area contributed by atoms with Crippen molar-refractivity contribution >= 4 is 29.5 Å². The molecule has 32 heavy (non-hydrogen) atoms. The molecule has 168 valence electrons. The summed E-state index contributed by atoms with van der Waals surface area (Å²) in [6.07, 6.45) is 12.4. The third-order valence-corrected chi connectivity index (χ3v) is 5.93. The number of carbonyl (C=O) groups is 4. The maximum absolute atomic E-state index is 13.1. The molecular formula is C23H27N4O5+. The molecule has 2 aliphatic carbocycles. The second-order valence-electron chi connectivity index (χ2n) is 8.16. The van der Waals surface area contributed by atoms with Gasteiger partial charge in [0, 0.05) is 6.04 Å². The second-order valence-corrected chi connectivity index (χ2v) is 8.16. The van der Waals surface area contributed by atoms with E-state index >= 15 is 0 Å². The molecule has 3 aliphatic rings. The van der Waals surface area contributed by atoms with Gasteiger partial charge in [-0.1, -0.05) is 31.1 Å². The van der Waals surface area contributed by atoms with Gasteiger partial charge in [-0.15, -0.1) is 0 Å². The van der Waals surface area contributed by atoms with Crippen molar-refractivity contribution in [2.75, 3.05) is 13.1 Å². The third kappa shape index (κ3) is 4.87. The molecule has 1 aliphatic heterocycles. The monoisotopic (exact) mass is 439 g/mol. The fourth-order valence-electron chi connectivity index (χ4n) is 4.27. The maximum atomic E-state index is 13.1. The number of fused-ring (bicyclic) bond motifs is 1. The molecule has 1 aromatic heterocycles. The van der Waals surface area contributed by atoms with Crippen LogP contribution in [0, 0.1) is 5.92 Å². The average molecular weight is 439 g/mol. The van der Waals surface area contributed by atoms with E-state index in [-0.39, 0.29) is 43.9 Å². The van der Waals surface area contributed by atoms with Crippen LogP contribution in [0.2, 0.25) is 0 Å². The second kappa shape index (κ2) is 9.76. The molecular weight excluding hydrogens is 412 g/mol. The van der Waals surface area contributed by atoms with Crippen molar-refractivity contribution in [2.45, 2.75) is 44.7 Å². The van der Waals surface area contributed by atoms with E-state index in [1.165, 1.54) is 10.8 Å². The van der Waals surface area contributed by atoms with Gasteiger partial charge >= 0.3 is 11.9 Å². The summed E-state index contributed by atoms with van der Waals surface area (Å²) in [6, 6.07) is 3.03. The average Bonchev–Trinajstić information content (AvgIpc) is 3.49. The Kier molecular flexibility index (Phi) is 6.63. The lowest BCUT2D eigenvalue weighted by Crippen LogP contribution is -2.56. The SMILES string of the molecule is O=C(CCN1C(=O)C2C=CC=CC2=[N+](CC(=O)NC2CCCC2)C1=O)NCc1ccco1. The van der Waals surface area contributed by atoms with Crippen LogP contribution < -0.4 is 10.6 Å². The van der Waals surface area contributed by atoms with Crippen molar-refractivity contribution in [1.82, 2.24) is 15.5 Å². The normalized spacial score (nSPS) is 20.6. The van der Waals surface area contributed by atoms with Crippen LogP contribution in [0.1, 0.15) is 37.9 Å². The first-order valence-corrected chi connectivity index (χ1v) is 11.0. The van der Waals surface area contributed by atoms with Crippen molar-refractivity contribution in [2.24, 2.45) is 5.92 Å². The number of nitrogens with zero attached hydrogens (tertiary/aromatic N) is 2. The minimum absolute atomic E-state index is 0.0398. The zero-order valence-electron chi connectivity index (χ0n) is 17.8. The highest BCUT2D eigenvalue weighted by atomic mass is 16.3. The van der Waals surface area contributed by atoms with Crippen molar-refractivity contribution in [3.8, 4) is 0 Å². The lowest BCUT2D eigenvalue weighted by Gasteiger charge is -2.26. The summed E-state index contributed by atoms with van der Waals surface area (Å²) in [4.78, 5) is 52.0. The van der Waals surface area contributed by atoms with E-state index in [1.807, 2.05) is 0 Å². The number of furan rings is 1. The first-order chi connectivity index (χ1) is 15.5. The number of imide groups is 1. The topological polar surface area (TPSA) is 112 Å². The van der Waals surface area contributed by atoms with Crippen molar-refractivity contribution in [1.29, 1.82) is 0 Å². The van der Waals surface area contributed by atoms with Crippen LogP contribution in [0.5, 0.6) is 0 Å². The van der Waals surface area contributed by atoms with Gasteiger partial charge in [-0.25, -0.2) is 4.79 Å². The number of rotatable bonds is 8. The van der Waals surface area contributed by atoms with Crippen LogP contribution in [0.25, 0.3) is 0 Å². The fourth-order valence-corrected chi connectivity index (χ4v) is 4.27. The van der Waals surface area contributed by atoms with Gasteiger partial charge in [-0.05, 0) is 31.1 Å². The van der Waals surface area contributed by atoms with Crippen LogP contribution in [-0.4, -0.2) is 58.1 Å². The van der Waals surface area contributed by atoms with Gasteiger partial charge in [0.05, 0.1) is 19.2 Å². The molecule has 1 unspecified atom stereocenters. The highest BCUT2D eigenvalue weighted by Gasteiger charge is 2.47. The molecule has 0 aromatic carbocycles. The molecule has 4 rings (SSSR count). The third-order valence-electron chi connectivity index (χ3n) is 5.93. The first-order valence-electron chi connectivity index (χ1n) is 11.0. The zero-order valence-corrected chi connectivity index (χ0v) is 17.8. The molecule has 1 fully saturated rings. The summed E-state index contributed by atoms with van der Waals surface area (Å²) >= 11 is 0. The molecule has 1 atom stereocenters. The molecule has 5 amide bonds. The Labute approximate surface area is 185 Å². The largest absolute Gasteiger partial charge is 0.501 e. The van der Waals surface area contributed by atoms with Gasteiger partial charge in [-0.2, -0.15) is 14.3 Å². The molecule has 1 aromatic rings. The van der Waals surface area contributed by atoms with E-state index in [9.17, 15) is 19.2 Å². The summed E-state index contributed by atoms with van der Waals surface area (Å²) in [6.45, 7) is 0.00677. The highest BCUT2D eigenvalue weighted by molar-refractivity contribution is 6.16. The number of amides is 5. The fraction of sp³-hybridized carbons (Fsp3) is 0.435. The molecule has 0 saturated heterocycles. The number of carbonyl (C=O) groups excluding carboxylic acids is 4. The lowest BCUT2D eigenvalue weighted by molar-refractivity contribution is -0.428. The minimum Gasteiger partial charge on any atom is -0.467 e. The smallest absolute Gasteiger partial charge is 0.467 e. The summed E-state index contributed by atoms with van der Waals surface area (Å²) < 4.78 is 6.52. The first kappa shape index (κ1) is 21.7. The van der Waals surface area contributed by atoms with Gasteiger partial charge < -0.3 is 15.1 Å². The predicted octanol–water partition coefficient (Wildman–Crippen LogP) is 1.50. The van der Waals surface area contributed by atoms with Crippen LogP contribution in [-0.2, 0) is 20.9 Å². The summed E-state index contributed by atoms with van der Waals surface area (Å²) in [5.74, 6) is -0.979. The van der Waals surface area contributed by atoms with Gasteiger partial charge in [0.1, 0.15) is 23.9 Å². The van der Waals surface area contributed by atoms with Crippen molar-refractivity contribution in [3.05, 3.63) is 48.5 Å². The lowest BCUT2D eigenvalue weighted by atomic mass is 9.94. The Morgan fingerprint density at radius 2 is 1.97 bits per heavy atom. The zero-order chi connectivity index (χ0) is 22.5. The molecule has 2 heterocycles. The molecule has 0 radical (unpaired) electrons.